The molecule has 0 fully saturated rings. The number of fused-ring (bicyclic) bond motifs is 1. The molecule has 1 heterocycles. The van der Waals surface area contributed by atoms with E-state index < -0.39 is 5.97 Å². The zero-order valence-corrected chi connectivity index (χ0v) is 11.4. The first-order valence-corrected chi connectivity index (χ1v) is 6.36. The van der Waals surface area contributed by atoms with Crippen molar-refractivity contribution in [3.8, 4) is 5.69 Å². The number of carboxylic acid groups (broad SMARTS) is 1. The Morgan fingerprint density at radius 3 is 2.86 bits per heavy atom. The summed E-state index contributed by atoms with van der Waals surface area (Å²) < 4.78 is 6.82. The highest BCUT2D eigenvalue weighted by atomic mass is 16.5. The Balaban J connectivity index is 2.21. The topological polar surface area (TPSA) is 77.2 Å². The molecule has 0 saturated carbocycles. The minimum absolute atomic E-state index is 0.204. The Morgan fingerprint density at radius 1 is 1.29 bits per heavy atom. The van der Waals surface area contributed by atoms with Gasteiger partial charge in [0.1, 0.15) is 5.52 Å². The Bertz CT molecular complexity index is 811. The number of benzene rings is 2. The fourth-order valence-corrected chi connectivity index (χ4v) is 2.22. The highest BCUT2D eigenvalue weighted by molar-refractivity contribution is 5.92. The molecule has 1 aromatic heterocycles. The third-order valence-electron chi connectivity index (χ3n) is 3.21. The van der Waals surface area contributed by atoms with E-state index >= 15 is 0 Å². The summed E-state index contributed by atoms with van der Waals surface area (Å²) in [5, 5.41) is 17.3. The van der Waals surface area contributed by atoms with Crippen LogP contribution in [0.25, 0.3) is 16.7 Å². The van der Waals surface area contributed by atoms with E-state index in [4.69, 9.17) is 9.84 Å². The number of aromatic nitrogens is 3. The van der Waals surface area contributed by atoms with Crippen LogP contribution in [0.2, 0.25) is 0 Å². The third-order valence-corrected chi connectivity index (χ3v) is 3.21. The second-order valence-electron chi connectivity index (χ2n) is 4.57. The lowest BCUT2D eigenvalue weighted by atomic mass is 10.1. The van der Waals surface area contributed by atoms with Crippen molar-refractivity contribution >= 4 is 17.0 Å². The first-order valence-electron chi connectivity index (χ1n) is 6.36. The van der Waals surface area contributed by atoms with Crippen LogP contribution < -0.4 is 0 Å². The van der Waals surface area contributed by atoms with Crippen LogP contribution in [0.5, 0.6) is 0 Å². The van der Waals surface area contributed by atoms with Crippen molar-refractivity contribution in [1.82, 2.24) is 15.0 Å². The van der Waals surface area contributed by atoms with Gasteiger partial charge in [-0.3, -0.25) is 0 Å². The van der Waals surface area contributed by atoms with Crippen molar-refractivity contribution in [2.24, 2.45) is 0 Å². The van der Waals surface area contributed by atoms with Crippen LogP contribution in [0.15, 0.2) is 42.5 Å². The summed E-state index contributed by atoms with van der Waals surface area (Å²) in [6.07, 6.45) is 0. The Kier molecular flexibility index (Phi) is 3.37. The monoisotopic (exact) mass is 283 g/mol. The van der Waals surface area contributed by atoms with Crippen molar-refractivity contribution in [2.45, 2.75) is 6.61 Å². The van der Waals surface area contributed by atoms with E-state index in [1.54, 1.807) is 23.9 Å². The maximum Gasteiger partial charge on any atom is 0.335 e. The average molecular weight is 283 g/mol. The number of rotatable bonds is 4. The van der Waals surface area contributed by atoms with Gasteiger partial charge in [0.05, 0.1) is 23.4 Å². The standard InChI is InChI=1S/C15H13N3O3/c1-21-9-11-4-2-3-5-13(11)18-14-8-10(15(19)20)6-7-12(14)16-17-18/h2-8H,9H2,1H3,(H,19,20). The Hall–Kier alpha value is -2.73. The molecule has 6 nitrogen and oxygen atoms in total. The van der Waals surface area contributed by atoms with E-state index in [2.05, 4.69) is 10.3 Å². The number of ether oxygens (including phenoxy) is 1. The summed E-state index contributed by atoms with van der Waals surface area (Å²) in [6.45, 7) is 0.441. The molecule has 0 bridgehead atoms. The number of para-hydroxylation sites is 1. The smallest absolute Gasteiger partial charge is 0.335 e. The maximum absolute atomic E-state index is 11.1. The molecule has 21 heavy (non-hydrogen) atoms. The lowest BCUT2D eigenvalue weighted by Crippen LogP contribution is -2.03. The number of hydrogen-bond acceptors (Lipinski definition) is 4. The van der Waals surface area contributed by atoms with Gasteiger partial charge in [-0.2, -0.15) is 0 Å². The van der Waals surface area contributed by atoms with Gasteiger partial charge in [-0.1, -0.05) is 23.4 Å². The minimum atomic E-state index is -0.977. The van der Waals surface area contributed by atoms with E-state index in [0.717, 1.165) is 11.3 Å². The van der Waals surface area contributed by atoms with Crippen LogP contribution in [-0.2, 0) is 11.3 Å². The molecule has 3 rings (SSSR count). The lowest BCUT2D eigenvalue weighted by Gasteiger charge is -2.09. The fraction of sp³-hybridized carbons (Fsp3) is 0.133. The number of carbonyl (C=O) groups is 1. The second-order valence-corrected chi connectivity index (χ2v) is 4.57. The summed E-state index contributed by atoms with van der Waals surface area (Å²) in [6, 6.07) is 12.4. The molecule has 0 saturated heterocycles. The molecule has 0 unspecified atom stereocenters. The zero-order chi connectivity index (χ0) is 14.8. The highest BCUT2D eigenvalue weighted by Gasteiger charge is 2.12. The van der Waals surface area contributed by atoms with Crippen LogP contribution in [0.4, 0.5) is 0 Å². The summed E-state index contributed by atoms with van der Waals surface area (Å²) in [4.78, 5) is 11.1. The van der Waals surface area contributed by atoms with E-state index in [1.165, 1.54) is 6.07 Å². The van der Waals surface area contributed by atoms with Gasteiger partial charge in [0, 0.05) is 12.7 Å². The van der Waals surface area contributed by atoms with Gasteiger partial charge < -0.3 is 9.84 Å². The van der Waals surface area contributed by atoms with Crippen molar-refractivity contribution in [3.63, 3.8) is 0 Å². The molecule has 0 aliphatic heterocycles. The number of aromatic carboxylic acids is 1. The lowest BCUT2D eigenvalue weighted by molar-refractivity contribution is 0.0697. The Morgan fingerprint density at radius 2 is 2.10 bits per heavy atom. The van der Waals surface area contributed by atoms with E-state index in [0.29, 0.717) is 17.6 Å². The van der Waals surface area contributed by atoms with Gasteiger partial charge in [0.2, 0.25) is 0 Å². The molecule has 2 aromatic carbocycles. The molecule has 0 amide bonds. The summed E-state index contributed by atoms with van der Waals surface area (Å²) in [7, 11) is 1.62. The molecule has 1 N–H and O–H groups in total. The minimum Gasteiger partial charge on any atom is -0.478 e. The predicted octanol–water partition coefficient (Wildman–Crippen LogP) is 2.27. The summed E-state index contributed by atoms with van der Waals surface area (Å²) in [5.41, 5.74) is 3.28. The van der Waals surface area contributed by atoms with Crippen LogP contribution >= 0.6 is 0 Å². The summed E-state index contributed by atoms with van der Waals surface area (Å²) in [5.74, 6) is -0.977. The number of carboxylic acids is 1. The first-order chi connectivity index (χ1) is 10.2. The highest BCUT2D eigenvalue weighted by Crippen LogP contribution is 2.21. The molecule has 6 heteroatoms. The van der Waals surface area contributed by atoms with Crippen molar-refractivity contribution in [2.75, 3.05) is 7.11 Å². The van der Waals surface area contributed by atoms with Crippen LogP contribution in [0.1, 0.15) is 15.9 Å². The van der Waals surface area contributed by atoms with E-state index in [9.17, 15) is 4.79 Å². The predicted molar refractivity (Wildman–Crippen MR) is 76.5 cm³/mol. The molecular formula is C15H13N3O3. The molecule has 0 spiro atoms. The largest absolute Gasteiger partial charge is 0.478 e. The fourth-order valence-electron chi connectivity index (χ4n) is 2.22. The van der Waals surface area contributed by atoms with Crippen LogP contribution in [0.3, 0.4) is 0 Å². The van der Waals surface area contributed by atoms with Gasteiger partial charge in [-0.25, -0.2) is 9.48 Å². The second kappa shape index (κ2) is 5.34. The number of nitrogens with zero attached hydrogens (tertiary/aromatic N) is 3. The van der Waals surface area contributed by atoms with Crippen molar-refractivity contribution in [1.29, 1.82) is 0 Å². The molecule has 0 aliphatic rings. The third kappa shape index (κ3) is 2.36. The average Bonchev–Trinajstić information content (AvgIpc) is 2.91. The quantitative estimate of drug-likeness (QED) is 0.794. The van der Waals surface area contributed by atoms with Gasteiger partial charge in [0.15, 0.2) is 0 Å². The Labute approximate surface area is 120 Å². The molecule has 0 radical (unpaired) electrons. The normalized spacial score (nSPS) is 10.9. The summed E-state index contributed by atoms with van der Waals surface area (Å²) >= 11 is 0. The van der Waals surface area contributed by atoms with Gasteiger partial charge in [-0.15, -0.1) is 5.10 Å². The molecule has 0 atom stereocenters. The first kappa shape index (κ1) is 13.3. The maximum atomic E-state index is 11.1. The zero-order valence-electron chi connectivity index (χ0n) is 11.4. The van der Waals surface area contributed by atoms with Crippen LogP contribution in [-0.4, -0.2) is 33.2 Å². The van der Waals surface area contributed by atoms with E-state index in [-0.39, 0.29) is 5.56 Å². The van der Waals surface area contributed by atoms with Crippen LogP contribution in [0, 0.1) is 0 Å². The number of methoxy groups -OCH3 is 1. The van der Waals surface area contributed by atoms with Gasteiger partial charge in [-0.05, 0) is 24.3 Å². The number of hydrogen-bond donors (Lipinski definition) is 1. The molecule has 3 aromatic rings. The SMILES string of the molecule is COCc1ccccc1-n1nnc2ccc(C(=O)O)cc21. The van der Waals surface area contributed by atoms with Gasteiger partial charge >= 0.3 is 5.97 Å². The molecule has 106 valence electrons. The molecular weight excluding hydrogens is 270 g/mol. The molecule has 0 aliphatic carbocycles. The van der Waals surface area contributed by atoms with Crippen molar-refractivity contribution in [3.05, 3.63) is 53.6 Å². The van der Waals surface area contributed by atoms with E-state index in [1.807, 2.05) is 24.3 Å². The van der Waals surface area contributed by atoms with Crippen molar-refractivity contribution < 1.29 is 14.6 Å². The van der Waals surface area contributed by atoms with Gasteiger partial charge in [0.25, 0.3) is 0 Å².